The van der Waals surface area contributed by atoms with Gasteiger partial charge in [0.25, 0.3) is 0 Å². The van der Waals surface area contributed by atoms with Crippen LogP contribution in [0.4, 0.5) is 0 Å². The van der Waals surface area contributed by atoms with Gasteiger partial charge in [-0.1, -0.05) is 48.3 Å². The van der Waals surface area contributed by atoms with Crippen molar-refractivity contribution in [2.75, 3.05) is 13.1 Å². The van der Waals surface area contributed by atoms with E-state index in [9.17, 15) is 9.90 Å². The predicted octanol–water partition coefficient (Wildman–Crippen LogP) is 3.32. The monoisotopic (exact) mass is 339 g/mol. The molecule has 1 aliphatic rings. The Morgan fingerprint density at radius 1 is 1.40 bits per heavy atom. The Morgan fingerprint density at radius 3 is 2.55 bits per heavy atom. The molecule has 20 heavy (non-hydrogen) atoms. The number of carbonyl (C=O) groups is 1. The smallest absolute Gasteiger partial charge is 0.223 e. The van der Waals surface area contributed by atoms with Gasteiger partial charge in [-0.05, 0) is 30.0 Å². The second-order valence-electron chi connectivity index (χ2n) is 5.88. The van der Waals surface area contributed by atoms with E-state index in [1.165, 1.54) is 5.56 Å². The fraction of sp³-hybridized carbons (Fsp3) is 0.562. The van der Waals surface area contributed by atoms with Crippen molar-refractivity contribution in [2.45, 2.75) is 44.6 Å². The Hall–Kier alpha value is -0.870. The lowest BCUT2D eigenvalue weighted by molar-refractivity contribution is -0.156. The van der Waals surface area contributed by atoms with Gasteiger partial charge in [-0.25, -0.2) is 0 Å². The highest BCUT2D eigenvalue weighted by Crippen LogP contribution is 2.28. The van der Waals surface area contributed by atoms with E-state index in [2.05, 4.69) is 29.8 Å². The van der Waals surface area contributed by atoms with Crippen LogP contribution in [0.5, 0.6) is 0 Å². The van der Waals surface area contributed by atoms with Crippen LogP contribution in [0.25, 0.3) is 0 Å². The van der Waals surface area contributed by atoms with Gasteiger partial charge in [0.05, 0.1) is 18.7 Å². The number of amides is 1. The first-order chi connectivity index (χ1) is 9.43. The summed E-state index contributed by atoms with van der Waals surface area (Å²) in [6.45, 7) is 5.11. The van der Waals surface area contributed by atoms with Crippen LogP contribution in [0.2, 0.25) is 0 Å². The second kappa shape index (κ2) is 6.27. The van der Waals surface area contributed by atoms with E-state index >= 15 is 0 Å². The average Bonchev–Trinajstić information content (AvgIpc) is 2.36. The molecule has 0 spiro atoms. The number of likely N-dealkylation sites (tertiary alicyclic amines) is 1. The summed E-state index contributed by atoms with van der Waals surface area (Å²) in [5.41, 5.74) is 0.538. The first kappa shape index (κ1) is 15.5. The van der Waals surface area contributed by atoms with E-state index in [0.717, 1.165) is 17.3 Å². The summed E-state index contributed by atoms with van der Waals surface area (Å²) in [6, 6.07) is 8.09. The summed E-state index contributed by atoms with van der Waals surface area (Å²) in [5, 5.41) is 10.1. The highest BCUT2D eigenvalue weighted by molar-refractivity contribution is 9.10. The number of hydrogen-bond acceptors (Lipinski definition) is 2. The van der Waals surface area contributed by atoms with Crippen molar-refractivity contribution in [3.05, 3.63) is 34.3 Å². The van der Waals surface area contributed by atoms with Gasteiger partial charge in [-0.2, -0.15) is 0 Å². The van der Waals surface area contributed by atoms with Gasteiger partial charge in [-0.3, -0.25) is 4.79 Å². The number of β-amino-alcohol motifs (C(OH)–C–C–N with tert-alkyl or cyclic N) is 1. The molecule has 1 heterocycles. The van der Waals surface area contributed by atoms with Crippen molar-refractivity contribution in [3.63, 3.8) is 0 Å². The summed E-state index contributed by atoms with van der Waals surface area (Å²) < 4.78 is 1.05. The van der Waals surface area contributed by atoms with Crippen LogP contribution >= 0.6 is 15.9 Å². The predicted molar refractivity (Wildman–Crippen MR) is 83.6 cm³/mol. The minimum atomic E-state index is -0.634. The quantitative estimate of drug-likeness (QED) is 0.893. The molecule has 110 valence electrons. The first-order valence-corrected chi connectivity index (χ1v) is 7.98. The number of hydrogen-bond donors (Lipinski definition) is 1. The number of nitrogens with zero attached hydrogens (tertiary/aromatic N) is 1. The van der Waals surface area contributed by atoms with Gasteiger partial charge in [0.15, 0.2) is 0 Å². The van der Waals surface area contributed by atoms with Crippen LogP contribution in [0.1, 0.15) is 44.6 Å². The van der Waals surface area contributed by atoms with E-state index in [0.29, 0.717) is 19.5 Å². The zero-order valence-electron chi connectivity index (χ0n) is 12.1. The maximum absolute atomic E-state index is 12.2. The lowest BCUT2D eigenvalue weighted by Gasteiger charge is -2.46. The maximum atomic E-state index is 12.2. The van der Waals surface area contributed by atoms with Gasteiger partial charge < -0.3 is 10.0 Å². The fourth-order valence-electron chi connectivity index (χ4n) is 2.76. The van der Waals surface area contributed by atoms with E-state index in [4.69, 9.17) is 0 Å². The van der Waals surface area contributed by atoms with Crippen LogP contribution in [-0.4, -0.2) is 34.6 Å². The minimum absolute atomic E-state index is 0.140. The molecule has 1 amide bonds. The number of aliphatic hydroxyl groups is 1. The lowest BCUT2D eigenvalue weighted by Crippen LogP contribution is -2.63. The number of halogens is 1. The molecular weight excluding hydrogens is 318 g/mol. The molecule has 2 rings (SSSR count). The number of carbonyl (C=O) groups excluding carboxylic acids is 1. The van der Waals surface area contributed by atoms with Crippen molar-refractivity contribution in [1.29, 1.82) is 0 Å². The fourth-order valence-corrected chi connectivity index (χ4v) is 3.03. The average molecular weight is 340 g/mol. The van der Waals surface area contributed by atoms with E-state index < -0.39 is 5.60 Å². The normalized spacial score (nSPS) is 18.5. The molecule has 1 fully saturated rings. The Labute approximate surface area is 129 Å². The van der Waals surface area contributed by atoms with Crippen LogP contribution in [0.3, 0.4) is 0 Å². The molecular formula is C16H22BrNO2. The Kier molecular flexibility index (Phi) is 4.86. The van der Waals surface area contributed by atoms with E-state index in [1.807, 2.05) is 24.3 Å². The molecule has 3 nitrogen and oxygen atoms in total. The van der Waals surface area contributed by atoms with Crippen molar-refractivity contribution in [3.8, 4) is 0 Å². The van der Waals surface area contributed by atoms with Crippen molar-refractivity contribution < 1.29 is 9.90 Å². The van der Waals surface area contributed by atoms with Gasteiger partial charge in [0, 0.05) is 10.9 Å². The summed E-state index contributed by atoms with van der Waals surface area (Å²) in [5.74, 6) is 0.344. The standard InChI is InChI=1S/C16H22BrNO2/c1-3-8-16(20)10-18(11-16)15(19)9-12(2)13-4-6-14(17)7-5-13/h4-7,12,20H,3,8-11H2,1-2H3. The SMILES string of the molecule is CCCC1(O)CN(C(=O)CC(C)c2ccc(Br)cc2)C1. The molecule has 1 aliphatic heterocycles. The summed E-state index contributed by atoms with van der Waals surface area (Å²) in [7, 11) is 0. The Balaban J connectivity index is 1.85. The van der Waals surface area contributed by atoms with Crippen LogP contribution in [-0.2, 0) is 4.79 Å². The van der Waals surface area contributed by atoms with Gasteiger partial charge in [-0.15, -0.1) is 0 Å². The topological polar surface area (TPSA) is 40.5 Å². The Bertz CT molecular complexity index is 466. The van der Waals surface area contributed by atoms with Crippen LogP contribution in [0.15, 0.2) is 28.7 Å². The molecule has 0 radical (unpaired) electrons. The lowest BCUT2D eigenvalue weighted by atomic mass is 9.88. The molecule has 4 heteroatoms. The minimum Gasteiger partial charge on any atom is -0.386 e. The number of benzene rings is 1. The third-order valence-electron chi connectivity index (χ3n) is 3.96. The van der Waals surface area contributed by atoms with Crippen molar-refractivity contribution >= 4 is 21.8 Å². The molecule has 0 aromatic heterocycles. The molecule has 1 aromatic rings. The van der Waals surface area contributed by atoms with E-state index in [-0.39, 0.29) is 11.8 Å². The molecule has 0 bridgehead atoms. The van der Waals surface area contributed by atoms with Crippen LogP contribution in [0, 0.1) is 0 Å². The maximum Gasteiger partial charge on any atom is 0.223 e. The first-order valence-electron chi connectivity index (χ1n) is 7.19. The molecule has 1 saturated heterocycles. The van der Waals surface area contributed by atoms with E-state index in [1.54, 1.807) is 4.90 Å². The summed E-state index contributed by atoms with van der Waals surface area (Å²) in [6.07, 6.45) is 2.23. The van der Waals surface area contributed by atoms with Gasteiger partial charge in [0.1, 0.15) is 0 Å². The molecule has 1 unspecified atom stereocenters. The molecule has 0 saturated carbocycles. The molecule has 1 atom stereocenters. The second-order valence-corrected chi connectivity index (χ2v) is 6.80. The summed E-state index contributed by atoms with van der Waals surface area (Å²) >= 11 is 3.41. The third-order valence-corrected chi connectivity index (χ3v) is 4.49. The van der Waals surface area contributed by atoms with Crippen LogP contribution < -0.4 is 0 Å². The summed E-state index contributed by atoms with van der Waals surface area (Å²) in [4.78, 5) is 13.9. The van der Waals surface area contributed by atoms with Gasteiger partial charge >= 0.3 is 0 Å². The third kappa shape index (κ3) is 3.61. The highest BCUT2D eigenvalue weighted by Gasteiger charge is 2.42. The van der Waals surface area contributed by atoms with Crippen molar-refractivity contribution in [1.82, 2.24) is 4.90 Å². The highest BCUT2D eigenvalue weighted by atomic mass is 79.9. The zero-order chi connectivity index (χ0) is 14.8. The van der Waals surface area contributed by atoms with Crippen molar-refractivity contribution in [2.24, 2.45) is 0 Å². The number of rotatable bonds is 5. The molecule has 1 aromatic carbocycles. The largest absolute Gasteiger partial charge is 0.386 e. The van der Waals surface area contributed by atoms with Gasteiger partial charge in [0.2, 0.25) is 5.91 Å². The zero-order valence-corrected chi connectivity index (χ0v) is 13.7. The molecule has 0 aliphatic carbocycles. The molecule has 1 N–H and O–H groups in total. The Morgan fingerprint density at radius 2 is 2.00 bits per heavy atom.